The number of hydrogen-bond acceptors (Lipinski definition) is 5. The lowest BCUT2D eigenvalue weighted by Crippen LogP contribution is -2.15. The van der Waals surface area contributed by atoms with Crippen molar-refractivity contribution in [2.45, 2.75) is 4.90 Å². The molecule has 2 heterocycles. The Bertz CT molecular complexity index is 953. The third-order valence-corrected chi connectivity index (χ3v) is 4.79. The van der Waals surface area contributed by atoms with Gasteiger partial charge in [-0.3, -0.25) is 9.78 Å². The Morgan fingerprint density at radius 1 is 1.28 bits per heavy atom. The zero-order chi connectivity index (χ0) is 18.0. The molecule has 0 saturated heterocycles. The summed E-state index contributed by atoms with van der Waals surface area (Å²) in [4.78, 5) is 16.3. The summed E-state index contributed by atoms with van der Waals surface area (Å²) in [6.07, 6.45) is 4.26. The lowest BCUT2D eigenvalue weighted by Gasteiger charge is -2.10. The molecule has 0 atom stereocenters. The van der Waals surface area contributed by atoms with Gasteiger partial charge in [-0.25, -0.2) is 12.8 Å². The maximum Gasteiger partial charge on any atom is 0.257 e. The van der Waals surface area contributed by atoms with E-state index in [9.17, 15) is 17.6 Å². The topological polar surface area (TPSA) is 85.4 Å². The standard InChI is InChI=1S/C17H15FN2O4S/c1-25(22,23)16-8-13(18)3-5-15(16)20-17(21)11-2-4-14(19-9-11)12-6-7-24-10-12/h2-6,8-9H,7,10H2,1H3,(H,20,21). The number of aromatic nitrogens is 1. The fourth-order valence-corrected chi connectivity index (χ4v) is 3.23. The number of benzene rings is 1. The monoisotopic (exact) mass is 362 g/mol. The van der Waals surface area contributed by atoms with Gasteiger partial charge in [-0.05, 0) is 30.3 Å². The number of carbonyl (C=O) groups is 1. The molecule has 0 aliphatic carbocycles. The molecule has 2 aromatic rings. The Kier molecular flexibility index (Phi) is 4.65. The van der Waals surface area contributed by atoms with Crippen molar-refractivity contribution in [1.82, 2.24) is 4.98 Å². The summed E-state index contributed by atoms with van der Waals surface area (Å²) in [7, 11) is -3.69. The number of pyridine rings is 1. The lowest BCUT2D eigenvalue weighted by atomic mass is 10.1. The predicted molar refractivity (Wildman–Crippen MR) is 90.5 cm³/mol. The van der Waals surface area contributed by atoms with Crippen LogP contribution in [0.2, 0.25) is 0 Å². The van der Waals surface area contributed by atoms with Crippen LogP contribution in [0.4, 0.5) is 10.1 Å². The number of amides is 1. The molecule has 8 heteroatoms. The number of ether oxygens (including phenoxy) is 1. The van der Waals surface area contributed by atoms with E-state index in [1.165, 1.54) is 12.3 Å². The molecule has 0 spiro atoms. The zero-order valence-corrected chi connectivity index (χ0v) is 14.1. The number of anilines is 1. The Balaban J connectivity index is 1.83. The van der Waals surface area contributed by atoms with Gasteiger partial charge < -0.3 is 10.1 Å². The van der Waals surface area contributed by atoms with Gasteiger partial charge in [0.15, 0.2) is 9.84 Å². The molecule has 25 heavy (non-hydrogen) atoms. The van der Waals surface area contributed by atoms with Crippen LogP contribution in [-0.2, 0) is 14.6 Å². The Morgan fingerprint density at radius 2 is 2.08 bits per heavy atom. The molecule has 0 radical (unpaired) electrons. The highest BCUT2D eigenvalue weighted by atomic mass is 32.2. The van der Waals surface area contributed by atoms with Gasteiger partial charge in [-0.2, -0.15) is 0 Å². The summed E-state index contributed by atoms with van der Waals surface area (Å²) >= 11 is 0. The zero-order valence-electron chi connectivity index (χ0n) is 13.3. The van der Waals surface area contributed by atoms with Crippen molar-refractivity contribution in [3.8, 4) is 0 Å². The van der Waals surface area contributed by atoms with E-state index in [4.69, 9.17) is 4.74 Å². The summed E-state index contributed by atoms with van der Waals surface area (Å²) in [5, 5.41) is 2.49. The second-order valence-corrected chi connectivity index (χ2v) is 7.53. The summed E-state index contributed by atoms with van der Waals surface area (Å²) < 4.78 is 42.1. The predicted octanol–water partition coefficient (Wildman–Crippen LogP) is 2.29. The molecule has 0 fully saturated rings. The minimum absolute atomic E-state index is 0.0184. The first-order valence-corrected chi connectivity index (χ1v) is 9.28. The first-order valence-electron chi connectivity index (χ1n) is 7.39. The highest BCUT2D eigenvalue weighted by Gasteiger charge is 2.17. The number of halogens is 1. The molecular formula is C17H15FN2O4S. The number of carbonyl (C=O) groups excluding carboxylic acids is 1. The quantitative estimate of drug-likeness (QED) is 0.902. The third-order valence-electron chi connectivity index (χ3n) is 3.65. The van der Waals surface area contributed by atoms with Crippen LogP contribution in [0.15, 0.2) is 47.5 Å². The molecule has 3 rings (SSSR count). The van der Waals surface area contributed by atoms with Gasteiger partial charge >= 0.3 is 0 Å². The van der Waals surface area contributed by atoms with Crippen molar-refractivity contribution >= 4 is 27.0 Å². The largest absolute Gasteiger partial charge is 0.373 e. The summed E-state index contributed by atoms with van der Waals surface area (Å²) in [6, 6.07) is 6.45. The second kappa shape index (κ2) is 6.73. The van der Waals surface area contributed by atoms with Crippen LogP contribution in [0.3, 0.4) is 0 Å². The first kappa shape index (κ1) is 17.2. The molecule has 0 unspecified atom stereocenters. The van der Waals surface area contributed by atoms with E-state index >= 15 is 0 Å². The number of rotatable bonds is 4. The van der Waals surface area contributed by atoms with E-state index in [0.29, 0.717) is 18.9 Å². The van der Waals surface area contributed by atoms with Crippen LogP contribution in [0.5, 0.6) is 0 Å². The minimum Gasteiger partial charge on any atom is -0.373 e. The van der Waals surface area contributed by atoms with Crippen LogP contribution in [-0.4, -0.2) is 38.8 Å². The first-order chi connectivity index (χ1) is 11.8. The normalized spacial score (nSPS) is 14.2. The van der Waals surface area contributed by atoms with Gasteiger partial charge in [0.25, 0.3) is 5.91 Å². The van der Waals surface area contributed by atoms with Gasteiger partial charge in [0.1, 0.15) is 5.82 Å². The van der Waals surface area contributed by atoms with Crippen molar-refractivity contribution in [2.75, 3.05) is 24.8 Å². The average Bonchev–Trinajstić information content (AvgIpc) is 3.10. The SMILES string of the molecule is CS(=O)(=O)c1cc(F)ccc1NC(=O)c1ccc(C2=CCOC2)nc1. The van der Waals surface area contributed by atoms with Crippen molar-refractivity contribution in [3.63, 3.8) is 0 Å². The van der Waals surface area contributed by atoms with E-state index < -0.39 is 21.6 Å². The molecule has 1 aromatic heterocycles. The smallest absolute Gasteiger partial charge is 0.257 e. The number of nitrogens with one attached hydrogen (secondary N) is 1. The number of nitrogens with zero attached hydrogens (tertiary/aromatic N) is 1. The van der Waals surface area contributed by atoms with E-state index in [-0.39, 0.29) is 16.1 Å². The van der Waals surface area contributed by atoms with Crippen molar-refractivity contribution in [1.29, 1.82) is 0 Å². The maximum atomic E-state index is 13.3. The average molecular weight is 362 g/mol. The van der Waals surface area contributed by atoms with Gasteiger partial charge in [0, 0.05) is 18.0 Å². The number of sulfone groups is 1. The summed E-state index contributed by atoms with van der Waals surface area (Å²) in [5.41, 5.74) is 1.94. The fourth-order valence-electron chi connectivity index (χ4n) is 2.38. The molecule has 1 N–H and O–H groups in total. The van der Waals surface area contributed by atoms with Crippen LogP contribution in [0.25, 0.3) is 5.57 Å². The van der Waals surface area contributed by atoms with Crippen LogP contribution in [0.1, 0.15) is 16.1 Å². The Morgan fingerprint density at radius 3 is 2.68 bits per heavy atom. The molecule has 1 aromatic carbocycles. The molecule has 130 valence electrons. The third kappa shape index (κ3) is 3.92. The fraction of sp³-hybridized carbons (Fsp3) is 0.176. The Labute approximate surface area is 144 Å². The van der Waals surface area contributed by atoms with Crippen LogP contribution >= 0.6 is 0 Å². The highest BCUT2D eigenvalue weighted by Crippen LogP contribution is 2.23. The Hall–Kier alpha value is -2.58. The second-order valence-electron chi connectivity index (χ2n) is 5.54. The summed E-state index contributed by atoms with van der Waals surface area (Å²) in [6.45, 7) is 1.02. The maximum absolute atomic E-state index is 13.3. The van der Waals surface area contributed by atoms with Gasteiger partial charge in [-0.15, -0.1) is 0 Å². The molecular weight excluding hydrogens is 347 g/mol. The van der Waals surface area contributed by atoms with E-state index in [2.05, 4.69) is 10.3 Å². The highest BCUT2D eigenvalue weighted by molar-refractivity contribution is 7.90. The van der Waals surface area contributed by atoms with Gasteiger partial charge in [-0.1, -0.05) is 6.08 Å². The van der Waals surface area contributed by atoms with Crippen molar-refractivity contribution < 1.29 is 22.3 Å². The van der Waals surface area contributed by atoms with Crippen LogP contribution < -0.4 is 5.32 Å². The van der Waals surface area contributed by atoms with Gasteiger partial charge in [0.2, 0.25) is 0 Å². The van der Waals surface area contributed by atoms with E-state index in [1.807, 2.05) is 6.08 Å². The van der Waals surface area contributed by atoms with E-state index in [0.717, 1.165) is 24.0 Å². The van der Waals surface area contributed by atoms with Crippen molar-refractivity contribution in [3.05, 3.63) is 59.7 Å². The molecule has 0 bridgehead atoms. The lowest BCUT2D eigenvalue weighted by molar-refractivity contribution is 0.102. The molecule has 1 aliphatic heterocycles. The molecule has 1 aliphatic rings. The molecule has 6 nitrogen and oxygen atoms in total. The van der Waals surface area contributed by atoms with E-state index in [1.54, 1.807) is 12.1 Å². The van der Waals surface area contributed by atoms with Crippen LogP contribution in [0, 0.1) is 5.82 Å². The minimum atomic E-state index is -3.69. The molecule has 0 saturated carbocycles. The summed E-state index contributed by atoms with van der Waals surface area (Å²) in [5.74, 6) is -1.23. The van der Waals surface area contributed by atoms with Gasteiger partial charge in [0.05, 0.1) is 35.1 Å². The molecule has 1 amide bonds. The van der Waals surface area contributed by atoms with Crippen molar-refractivity contribution in [2.24, 2.45) is 0 Å². The number of hydrogen-bond donors (Lipinski definition) is 1.